The van der Waals surface area contributed by atoms with E-state index in [1.54, 1.807) is 0 Å². The van der Waals surface area contributed by atoms with Crippen LogP contribution in [0.2, 0.25) is 0 Å². The first kappa shape index (κ1) is 18.1. The second kappa shape index (κ2) is 7.56. The summed E-state index contributed by atoms with van der Waals surface area (Å²) in [7, 11) is 1.19. The summed E-state index contributed by atoms with van der Waals surface area (Å²) in [5.41, 5.74) is 1.77. The van der Waals surface area contributed by atoms with Gasteiger partial charge in [-0.05, 0) is 30.4 Å². The lowest BCUT2D eigenvalue weighted by Crippen LogP contribution is -2.50. The smallest absolute Gasteiger partial charge is 0.416 e. The van der Waals surface area contributed by atoms with Gasteiger partial charge in [0, 0.05) is 0 Å². The van der Waals surface area contributed by atoms with Gasteiger partial charge in [-0.1, -0.05) is 71.2 Å². The highest BCUT2D eigenvalue weighted by Gasteiger charge is 2.43. The Balaban J connectivity index is 2.44. The van der Waals surface area contributed by atoms with Crippen molar-refractivity contribution in [3.05, 3.63) is 42.0 Å². The summed E-state index contributed by atoms with van der Waals surface area (Å²) in [5.74, 6) is -0.914. The van der Waals surface area contributed by atoms with Gasteiger partial charge >= 0.3 is 6.09 Å². The molecule has 124 valence electrons. The first-order valence-corrected chi connectivity index (χ1v) is 8.23. The number of allylic oxidation sites excluding steroid dienone is 1. The first-order chi connectivity index (χ1) is 10.9. The summed E-state index contributed by atoms with van der Waals surface area (Å²) < 4.78 is 2.50. The molecule has 2 amide bonds. The largest absolute Gasteiger partial charge is 0.452 e. The molecule has 0 aromatic heterocycles. The Kier molecular flexibility index (Phi) is 5.95. The highest BCUT2D eigenvalue weighted by atomic mass is 35.6. The van der Waals surface area contributed by atoms with Crippen LogP contribution in [0.15, 0.2) is 36.4 Å². The highest BCUT2D eigenvalue weighted by molar-refractivity contribution is 6.76. The van der Waals surface area contributed by atoms with E-state index in [-0.39, 0.29) is 0 Å². The number of amides is 2. The Morgan fingerprint density at radius 3 is 2.43 bits per heavy atom. The molecule has 4 nitrogen and oxygen atoms in total. The molecule has 0 radical (unpaired) electrons. The van der Waals surface area contributed by atoms with Gasteiger partial charge in [0.1, 0.15) is 0 Å². The summed E-state index contributed by atoms with van der Waals surface area (Å²) in [4.78, 5) is 25.5. The minimum Gasteiger partial charge on any atom is -0.452 e. The van der Waals surface area contributed by atoms with Crippen molar-refractivity contribution in [3.63, 3.8) is 0 Å². The molecule has 1 atom stereocenters. The zero-order chi connectivity index (χ0) is 17.0. The van der Waals surface area contributed by atoms with Gasteiger partial charge in [0.2, 0.25) is 0 Å². The molecule has 23 heavy (non-hydrogen) atoms. The van der Waals surface area contributed by atoms with Crippen LogP contribution in [0.3, 0.4) is 0 Å². The standard InChI is InChI=1S/C16H16Cl3NO3/c1-23-15(22)20(14(21)16(17,18)19)13-10-6-5-9-12(13)11-7-3-2-4-8-11/h2-4,7-9,13H,5-6,10H2,1H3. The van der Waals surface area contributed by atoms with Gasteiger partial charge in [-0.15, -0.1) is 0 Å². The number of carbonyl (C=O) groups is 2. The number of carbonyl (C=O) groups excluding carboxylic acids is 2. The molecule has 0 saturated carbocycles. The van der Waals surface area contributed by atoms with Gasteiger partial charge in [-0.3, -0.25) is 4.79 Å². The van der Waals surface area contributed by atoms with Crippen LogP contribution < -0.4 is 0 Å². The van der Waals surface area contributed by atoms with Crippen LogP contribution in [0, 0.1) is 0 Å². The van der Waals surface area contributed by atoms with Crippen LogP contribution in [-0.2, 0) is 9.53 Å². The number of hydrogen-bond donors (Lipinski definition) is 0. The second-order valence-corrected chi connectivity index (χ2v) is 7.40. The third-order valence-corrected chi connectivity index (χ3v) is 4.14. The molecule has 7 heteroatoms. The monoisotopic (exact) mass is 375 g/mol. The van der Waals surface area contributed by atoms with E-state index in [1.165, 1.54) is 7.11 Å². The molecule has 0 spiro atoms. The molecule has 0 fully saturated rings. The van der Waals surface area contributed by atoms with Crippen molar-refractivity contribution in [2.24, 2.45) is 0 Å². The van der Waals surface area contributed by atoms with Gasteiger partial charge in [0.25, 0.3) is 9.70 Å². The molecule has 1 aliphatic rings. The number of alkyl halides is 3. The van der Waals surface area contributed by atoms with Crippen molar-refractivity contribution in [1.82, 2.24) is 4.90 Å². The first-order valence-electron chi connectivity index (χ1n) is 7.10. The van der Waals surface area contributed by atoms with E-state index in [2.05, 4.69) is 0 Å². The number of hydrogen-bond acceptors (Lipinski definition) is 3. The normalized spacial score (nSPS) is 18.1. The van der Waals surface area contributed by atoms with Gasteiger partial charge in [-0.25, -0.2) is 9.69 Å². The number of imide groups is 1. The molecule has 1 aromatic carbocycles. The molecule has 1 aromatic rings. The third-order valence-electron chi connectivity index (χ3n) is 3.66. The van der Waals surface area contributed by atoms with Gasteiger partial charge in [-0.2, -0.15) is 0 Å². The molecular weight excluding hydrogens is 361 g/mol. The average Bonchev–Trinajstić information content (AvgIpc) is 2.55. The van der Waals surface area contributed by atoms with Crippen molar-refractivity contribution in [2.45, 2.75) is 29.1 Å². The Morgan fingerprint density at radius 1 is 1.22 bits per heavy atom. The van der Waals surface area contributed by atoms with Crippen LogP contribution in [-0.4, -0.2) is 33.8 Å². The molecule has 0 bridgehead atoms. The Bertz CT molecular complexity index is 611. The van der Waals surface area contributed by atoms with Crippen LogP contribution in [0.5, 0.6) is 0 Å². The Morgan fingerprint density at radius 2 is 1.87 bits per heavy atom. The summed E-state index contributed by atoms with van der Waals surface area (Å²) in [6, 6.07) is 8.98. The number of rotatable bonds is 2. The quantitative estimate of drug-likeness (QED) is 0.709. The van der Waals surface area contributed by atoms with E-state index in [9.17, 15) is 9.59 Å². The van der Waals surface area contributed by atoms with Crippen LogP contribution >= 0.6 is 34.8 Å². The molecule has 0 N–H and O–H groups in total. The van der Waals surface area contributed by atoms with E-state index >= 15 is 0 Å². The molecule has 0 aliphatic heterocycles. The van der Waals surface area contributed by atoms with Crippen molar-refractivity contribution in [1.29, 1.82) is 0 Å². The Hall–Kier alpha value is -1.23. The molecule has 0 saturated heterocycles. The maximum Gasteiger partial charge on any atom is 0.416 e. The fourth-order valence-corrected chi connectivity index (χ4v) is 2.93. The van der Waals surface area contributed by atoms with E-state index in [0.717, 1.165) is 28.9 Å². The molecule has 0 heterocycles. The zero-order valence-corrected chi connectivity index (χ0v) is 14.7. The topological polar surface area (TPSA) is 46.6 Å². The van der Waals surface area contributed by atoms with Crippen molar-refractivity contribution >= 4 is 52.4 Å². The van der Waals surface area contributed by atoms with E-state index in [0.29, 0.717) is 6.42 Å². The maximum absolute atomic E-state index is 12.4. The number of benzene rings is 1. The van der Waals surface area contributed by atoms with E-state index in [1.807, 2.05) is 36.4 Å². The fourth-order valence-electron chi connectivity index (χ4n) is 2.66. The summed E-state index contributed by atoms with van der Waals surface area (Å²) in [6.45, 7) is 0. The summed E-state index contributed by atoms with van der Waals surface area (Å²) >= 11 is 17.1. The number of nitrogens with zero attached hydrogens (tertiary/aromatic N) is 1. The molecule has 2 rings (SSSR count). The minimum absolute atomic E-state index is 0.526. The van der Waals surface area contributed by atoms with E-state index in [4.69, 9.17) is 39.5 Å². The predicted octanol–water partition coefficient (Wildman–Crippen LogP) is 4.59. The van der Waals surface area contributed by atoms with E-state index < -0.39 is 21.8 Å². The average molecular weight is 377 g/mol. The summed E-state index contributed by atoms with van der Waals surface area (Å²) in [5, 5.41) is 0. The maximum atomic E-state index is 12.4. The van der Waals surface area contributed by atoms with Gasteiger partial charge < -0.3 is 4.74 Å². The van der Waals surface area contributed by atoms with Crippen LogP contribution in [0.1, 0.15) is 24.8 Å². The fraction of sp³-hybridized carbons (Fsp3) is 0.375. The summed E-state index contributed by atoms with van der Waals surface area (Å²) in [6.07, 6.45) is 3.43. The molecule has 1 unspecified atom stereocenters. The SMILES string of the molecule is COC(=O)N(C(=O)C(Cl)(Cl)Cl)C1CCCC=C1c1ccccc1. The number of halogens is 3. The predicted molar refractivity (Wildman–Crippen MR) is 91.6 cm³/mol. The number of methoxy groups -OCH3 is 1. The Labute approximate surface area is 149 Å². The lowest BCUT2D eigenvalue weighted by atomic mass is 9.88. The lowest BCUT2D eigenvalue weighted by molar-refractivity contribution is -0.129. The third kappa shape index (κ3) is 4.19. The molecule has 1 aliphatic carbocycles. The van der Waals surface area contributed by atoms with Crippen molar-refractivity contribution < 1.29 is 14.3 Å². The van der Waals surface area contributed by atoms with Gasteiger partial charge in [0.05, 0.1) is 13.2 Å². The van der Waals surface area contributed by atoms with Crippen LogP contribution in [0.25, 0.3) is 5.57 Å². The van der Waals surface area contributed by atoms with Crippen molar-refractivity contribution in [3.8, 4) is 0 Å². The van der Waals surface area contributed by atoms with Crippen molar-refractivity contribution in [2.75, 3.05) is 7.11 Å². The number of ether oxygens (including phenoxy) is 1. The minimum atomic E-state index is -2.23. The highest BCUT2D eigenvalue weighted by Crippen LogP contribution is 2.36. The molecular formula is C16H16Cl3NO3. The van der Waals surface area contributed by atoms with Gasteiger partial charge in [0.15, 0.2) is 0 Å². The lowest BCUT2D eigenvalue weighted by Gasteiger charge is -2.34. The zero-order valence-electron chi connectivity index (χ0n) is 12.5. The van der Waals surface area contributed by atoms with Crippen LogP contribution in [0.4, 0.5) is 4.79 Å². The second-order valence-electron chi connectivity index (χ2n) is 5.12.